The van der Waals surface area contributed by atoms with E-state index in [4.69, 9.17) is 11.6 Å². The first kappa shape index (κ1) is 14.0. The molecule has 2 aromatic carbocycles. The highest BCUT2D eigenvalue weighted by atomic mass is 127. The molecule has 0 aliphatic rings. The molecule has 2 aromatic rings. The second-order valence-electron chi connectivity index (χ2n) is 3.67. The van der Waals surface area contributed by atoms with Gasteiger partial charge in [-0.05, 0) is 52.9 Å². The summed E-state index contributed by atoms with van der Waals surface area (Å²) in [5, 5.41) is 13.8. The average Bonchev–Trinajstić information content (AvgIpc) is 2.32. The Balaban J connectivity index is 2.29. The van der Waals surface area contributed by atoms with E-state index in [-0.39, 0.29) is 11.4 Å². The van der Waals surface area contributed by atoms with Crippen LogP contribution in [0, 0.1) is 19.5 Å². The van der Waals surface area contributed by atoms with E-state index in [9.17, 15) is 14.5 Å². The number of rotatable bonds is 3. The zero-order valence-corrected chi connectivity index (χ0v) is 12.3. The first-order valence-corrected chi connectivity index (χ1v) is 6.59. The fourth-order valence-corrected chi connectivity index (χ4v) is 2.35. The maximum absolute atomic E-state index is 13.6. The van der Waals surface area contributed by atoms with E-state index in [0.29, 0.717) is 14.3 Å². The molecule has 0 spiro atoms. The topological polar surface area (TPSA) is 55.2 Å². The molecule has 7 heteroatoms. The lowest BCUT2D eigenvalue weighted by Gasteiger charge is -2.08. The lowest BCUT2D eigenvalue weighted by Crippen LogP contribution is -1.96. The van der Waals surface area contributed by atoms with Gasteiger partial charge in [0.2, 0.25) is 0 Å². The number of hydrogen-bond acceptors (Lipinski definition) is 3. The molecule has 0 aromatic heterocycles. The first-order chi connectivity index (χ1) is 8.97. The average molecular weight is 393 g/mol. The molecule has 2 rings (SSSR count). The van der Waals surface area contributed by atoms with Crippen molar-refractivity contribution in [3.63, 3.8) is 0 Å². The number of nitrogens with one attached hydrogen (secondary N) is 1. The smallest absolute Gasteiger partial charge is 0.282 e. The van der Waals surface area contributed by atoms with Gasteiger partial charge >= 0.3 is 0 Å². The standard InChI is InChI=1S/C12H7ClFIN2O2/c13-7-1-3-11(9(14)5-7)16-8-2-4-12(17(18)19)10(15)6-8/h1-6,16H. The maximum atomic E-state index is 13.6. The molecule has 0 bridgehead atoms. The van der Waals surface area contributed by atoms with Crippen LogP contribution in [0.25, 0.3) is 0 Å². The van der Waals surface area contributed by atoms with Crippen LogP contribution in [0.3, 0.4) is 0 Å². The van der Waals surface area contributed by atoms with Crippen molar-refractivity contribution in [3.8, 4) is 0 Å². The highest BCUT2D eigenvalue weighted by Crippen LogP contribution is 2.27. The molecule has 19 heavy (non-hydrogen) atoms. The van der Waals surface area contributed by atoms with Crippen molar-refractivity contribution >= 4 is 51.3 Å². The minimum Gasteiger partial charge on any atom is -0.353 e. The van der Waals surface area contributed by atoms with Crippen LogP contribution in [0.5, 0.6) is 0 Å². The van der Waals surface area contributed by atoms with Crippen LogP contribution in [0.2, 0.25) is 5.02 Å². The SMILES string of the molecule is O=[N+]([O-])c1ccc(Nc2ccc(Cl)cc2F)cc1I. The van der Waals surface area contributed by atoms with Gasteiger partial charge in [-0.2, -0.15) is 0 Å². The zero-order chi connectivity index (χ0) is 14.0. The van der Waals surface area contributed by atoms with Crippen LogP contribution >= 0.6 is 34.2 Å². The van der Waals surface area contributed by atoms with E-state index in [1.807, 2.05) is 22.6 Å². The van der Waals surface area contributed by atoms with Gasteiger partial charge in [0.15, 0.2) is 0 Å². The monoisotopic (exact) mass is 392 g/mol. The molecular formula is C12H7ClFIN2O2. The Kier molecular flexibility index (Phi) is 4.20. The molecule has 0 aliphatic carbocycles. The fourth-order valence-electron chi connectivity index (χ4n) is 1.48. The summed E-state index contributed by atoms with van der Waals surface area (Å²) in [7, 11) is 0. The van der Waals surface area contributed by atoms with E-state index >= 15 is 0 Å². The Hall–Kier alpha value is -1.41. The molecule has 0 aliphatic heterocycles. The third kappa shape index (κ3) is 3.32. The van der Waals surface area contributed by atoms with Gasteiger partial charge in [-0.1, -0.05) is 11.6 Å². The molecule has 0 amide bonds. The Morgan fingerprint density at radius 2 is 2.00 bits per heavy atom. The number of nitro benzene ring substituents is 1. The number of nitro groups is 1. The van der Waals surface area contributed by atoms with Crippen LogP contribution in [0.15, 0.2) is 36.4 Å². The van der Waals surface area contributed by atoms with Crippen LogP contribution in [-0.2, 0) is 0 Å². The van der Waals surface area contributed by atoms with E-state index in [1.54, 1.807) is 12.1 Å². The summed E-state index contributed by atoms with van der Waals surface area (Å²) in [5.41, 5.74) is 0.841. The Morgan fingerprint density at radius 3 is 2.58 bits per heavy atom. The van der Waals surface area contributed by atoms with Crippen molar-refractivity contribution in [2.24, 2.45) is 0 Å². The van der Waals surface area contributed by atoms with Crippen LogP contribution in [0.1, 0.15) is 0 Å². The third-order valence-corrected chi connectivity index (χ3v) is 3.45. The molecule has 98 valence electrons. The Labute approximate surface area is 126 Å². The summed E-state index contributed by atoms with van der Waals surface area (Å²) in [6.45, 7) is 0. The van der Waals surface area contributed by atoms with Crippen molar-refractivity contribution in [2.75, 3.05) is 5.32 Å². The van der Waals surface area contributed by atoms with Crippen molar-refractivity contribution in [1.29, 1.82) is 0 Å². The number of anilines is 2. The maximum Gasteiger partial charge on any atom is 0.282 e. The second-order valence-corrected chi connectivity index (χ2v) is 5.27. The van der Waals surface area contributed by atoms with Gasteiger partial charge < -0.3 is 5.32 Å². The highest BCUT2D eigenvalue weighted by Gasteiger charge is 2.12. The molecular weight excluding hydrogens is 385 g/mol. The summed E-state index contributed by atoms with van der Waals surface area (Å²) in [4.78, 5) is 10.2. The lowest BCUT2D eigenvalue weighted by molar-refractivity contribution is -0.385. The van der Waals surface area contributed by atoms with Crippen molar-refractivity contribution in [1.82, 2.24) is 0 Å². The van der Waals surface area contributed by atoms with E-state index in [1.165, 1.54) is 24.3 Å². The number of nitrogens with zero attached hydrogens (tertiary/aromatic N) is 1. The van der Waals surface area contributed by atoms with Gasteiger partial charge in [-0.15, -0.1) is 0 Å². The number of hydrogen-bond donors (Lipinski definition) is 1. The van der Waals surface area contributed by atoms with Gasteiger partial charge in [0.25, 0.3) is 5.69 Å². The minimum atomic E-state index is -0.485. The van der Waals surface area contributed by atoms with Crippen LogP contribution in [-0.4, -0.2) is 4.92 Å². The van der Waals surface area contributed by atoms with Gasteiger partial charge in [0.05, 0.1) is 14.2 Å². The lowest BCUT2D eigenvalue weighted by atomic mass is 10.2. The molecule has 0 saturated carbocycles. The molecule has 0 atom stereocenters. The summed E-state index contributed by atoms with van der Waals surface area (Å²) in [6, 6.07) is 8.73. The van der Waals surface area contributed by atoms with Gasteiger partial charge in [0, 0.05) is 16.8 Å². The number of halogens is 3. The van der Waals surface area contributed by atoms with E-state index in [0.717, 1.165) is 0 Å². The Morgan fingerprint density at radius 1 is 1.26 bits per heavy atom. The predicted molar refractivity (Wildman–Crippen MR) is 80.5 cm³/mol. The van der Waals surface area contributed by atoms with Crippen molar-refractivity contribution < 1.29 is 9.31 Å². The van der Waals surface area contributed by atoms with Gasteiger partial charge in [-0.3, -0.25) is 10.1 Å². The molecule has 0 heterocycles. The summed E-state index contributed by atoms with van der Waals surface area (Å²) in [6.07, 6.45) is 0. The minimum absolute atomic E-state index is 0.0164. The normalized spacial score (nSPS) is 10.3. The molecule has 0 fully saturated rings. The van der Waals surface area contributed by atoms with Crippen molar-refractivity contribution in [2.45, 2.75) is 0 Å². The quantitative estimate of drug-likeness (QED) is 0.466. The molecule has 0 radical (unpaired) electrons. The van der Waals surface area contributed by atoms with Crippen LogP contribution < -0.4 is 5.32 Å². The largest absolute Gasteiger partial charge is 0.353 e. The second kappa shape index (κ2) is 5.70. The van der Waals surface area contributed by atoms with E-state index in [2.05, 4.69) is 5.32 Å². The summed E-state index contributed by atoms with van der Waals surface area (Å²) in [5.74, 6) is -0.485. The molecule has 1 N–H and O–H groups in total. The van der Waals surface area contributed by atoms with Gasteiger partial charge in [0.1, 0.15) is 5.82 Å². The van der Waals surface area contributed by atoms with Gasteiger partial charge in [-0.25, -0.2) is 4.39 Å². The van der Waals surface area contributed by atoms with Crippen LogP contribution in [0.4, 0.5) is 21.5 Å². The zero-order valence-electron chi connectivity index (χ0n) is 9.36. The summed E-state index contributed by atoms with van der Waals surface area (Å²) >= 11 is 7.52. The molecule has 0 unspecified atom stereocenters. The van der Waals surface area contributed by atoms with E-state index < -0.39 is 10.7 Å². The first-order valence-electron chi connectivity index (χ1n) is 5.13. The summed E-state index contributed by atoms with van der Waals surface area (Å²) < 4.78 is 14.1. The fraction of sp³-hybridized carbons (Fsp3) is 0. The molecule has 4 nitrogen and oxygen atoms in total. The highest BCUT2D eigenvalue weighted by molar-refractivity contribution is 14.1. The Bertz CT molecular complexity index is 652. The predicted octanol–water partition coefficient (Wildman–Crippen LogP) is 4.74. The number of benzene rings is 2. The molecule has 0 saturated heterocycles. The third-order valence-electron chi connectivity index (χ3n) is 2.35. The van der Waals surface area contributed by atoms with Crippen molar-refractivity contribution in [3.05, 3.63) is 60.9 Å².